The van der Waals surface area contributed by atoms with Gasteiger partial charge in [-0.3, -0.25) is 4.79 Å². The van der Waals surface area contributed by atoms with E-state index in [1.807, 2.05) is 60.7 Å². The average molecular weight is 388 g/mol. The SMILES string of the molecule is CCc1ccc(NC(=O)[C@@H](C)OC(=O)c2ccccc2Nc2ccccc2)cc1. The Balaban J connectivity index is 1.65. The van der Waals surface area contributed by atoms with E-state index in [-0.39, 0.29) is 5.91 Å². The molecule has 3 aromatic carbocycles. The van der Waals surface area contributed by atoms with Crippen molar-refractivity contribution in [3.05, 3.63) is 90.0 Å². The Morgan fingerprint density at radius 3 is 2.21 bits per heavy atom. The lowest BCUT2D eigenvalue weighted by Crippen LogP contribution is -2.30. The highest BCUT2D eigenvalue weighted by molar-refractivity contribution is 6.00. The Hall–Kier alpha value is -3.60. The number of hydrogen-bond acceptors (Lipinski definition) is 4. The number of anilines is 3. The quantitative estimate of drug-likeness (QED) is 0.548. The van der Waals surface area contributed by atoms with Crippen LogP contribution in [0.2, 0.25) is 0 Å². The maximum absolute atomic E-state index is 12.7. The van der Waals surface area contributed by atoms with Gasteiger partial charge in [-0.2, -0.15) is 0 Å². The van der Waals surface area contributed by atoms with Crippen LogP contribution < -0.4 is 10.6 Å². The van der Waals surface area contributed by atoms with Crippen LogP contribution in [0.1, 0.15) is 29.8 Å². The molecule has 0 fully saturated rings. The smallest absolute Gasteiger partial charge is 0.341 e. The van der Waals surface area contributed by atoms with Gasteiger partial charge in [0.25, 0.3) is 5.91 Å². The number of carbonyl (C=O) groups excluding carboxylic acids is 2. The topological polar surface area (TPSA) is 67.4 Å². The zero-order valence-corrected chi connectivity index (χ0v) is 16.5. The van der Waals surface area contributed by atoms with E-state index in [2.05, 4.69) is 17.6 Å². The highest BCUT2D eigenvalue weighted by Crippen LogP contribution is 2.22. The summed E-state index contributed by atoms with van der Waals surface area (Å²) in [7, 11) is 0. The van der Waals surface area contributed by atoms with E-state index in [4.69, 9.17) is 4.74 Å². The summed E-state index contributed by atoms with van der Waals surface area (Å²) in [5.41, 5.74) is 3.69. The number of aryl methyl sites for hydroxylation is 1. The molecular weight excluding hydrogens is 364 g/mol. The summed E-state index contributed by atoms with van der Waals surface area (Å²) in [4.78, 5) is 25.1. The molecule has 0 bridgehead atoms. The third-order valence-electron chi connectivity index (χ3n) is 4.48. The van der Waals surface area contributed by atoms with Crippen molar-refractivity contribution in [2.24, 2.45) is 0 Å². The molecule has 0 aromatic heterocycles. The van der Waals surface area contributed by atoms with E-state index in [0.717, 1.165) is 12.1 Å². The number of hydrogen-bond donors (Lipinski definition) is 2. The second kappa shape index (κ2) is 9.55. The van der Waals surface area contributed by atoms with Gasteiger partial charge in [0.05, 0.1) is 11.3 Å². The Morgan fingerprint density at radius 2 is 1.52 bits per heavy atom. The number of amides is 1. The predicted molar refractivity (Wildman–Crippen MR) is 115 cm³/mol. The van der Waals surface area contributed by atoms with Gasteiger partial charge in [-0.1, -0.05) is 49.4 Å². The van der Waals surface area contributed by atoms with Crippen molar-refractivity contribution in [1.82, 2.24) is 0 Å². The molecule has 1 amide bonds. The number of esters is 1. The Labute approximate surface area is 170 Å². The van der Waals surface area contributed by atoms with Gasteiger partial charge in [-0.15, -0.1) is 0 Å². The highest BCUT2D eigenvalue weighted by Gasteiger charge is 2.21. The van der Waals surface area contributed by atoms with E-state index in [0.29, 0.717) is 16.9 Å². The fourth-order valence-corrected chi connectivity index (χ4v) is 2.79. The van der Waals surface area contributed by atoms with Gasteiger partial charge in [-0.25, -0.2) is 4.79 Å². The highest BCUT2D eigenvalue weighted by atomic mass is 16.5. The summed E-state index contributed by atoms with van der Waals surface area (Å²) in [5.74, 6) is -0.941. The fourth-order valence-electron chi connectivity index (χ4n) is 2.79. The van der Waals surface area contributed by atoms with Crippen LogP contribution in [-0.4, -0.2) is 18.0 Å². The zero-order chi connectivity index (χ0) is 20.6. The van der Waals surface area contributed by atoms with Gasteiger partial charge in [0.1, 0.15) is 0 Å². The molecular formula is C24H24N2O3. The van der Waals surface area contributed by atoms with Crippen molar-refractivity contribution >= 4 is 28.9 Å². The molecule has 148 valence electrons. The van der Waals surface area contributed by atoms with E-state index >= 15 is 0 Å². The predicted octanol–water partition coefficient (Wildman–Crippen LogP) is 5.18. The maximum Gasteiger partial charge on any atom is 0.341 e. The second-order valence-corrected chi connectivity index (χ2v) is 6.62. The van der Waals surface area contributed by atoms with E-state index < -0.39 is 12.1 Å². The van der Waals surface area contributed by atoms with Crippen molar-refractivity contribution < 1.29 is 14.3 Å². The van der Waals surface area contributed by atoms with Crippen molar-refractivity contribution in [2.45, 2.75) is 26.4 Å². The van der Waals surface area contributed by atoms with Crippen LogP contribution in [0.4, 0.5) is 17.1 Å². The Bertz CT molecular complexity index is 969. The first-order valence-electron chi connectivity index (χ1n) is 9.58. The minimum absolute atomic E-state index is 0.364. The minimum Gasteiger partial charge on any atom is -0.449 e. The monoisotopic (exact) mass is 388 g/mol. The molecule has 0 saturated heterocycles. The molecule has 0 aliphatic carbocycles. The Kier molecular flexibility index (Phi) is 6.63. The van der Waals surface area contributed by atoms with Crippen LogP contribution in [0.5, 0.6) is 0 Å². The number of para-hydroxylation sites is 2. The van der Waals surface area contributed by atoms with Gasteiger partial charge in [0, 0.05) is 11.4 Å². The van der Waals surface area contributed by atoms with Crippen LogP contribution in [0.3, 0.4) is 0 Å². The van der Waals surface area contributed by atoms with E-state index in [9.17, 15) is 9.59 Å². The van der Waals surface area contributed by atoms with E-state index in [1.54, 1.807) is 25.1 Å². The van der Waals surface area contributed by atoms with Crippen LogP contribution in [0, 0.1) is 0 Å². The first-order chi connectivity index (χ1) is 14.1. The van der Waals surface area contributed by atoms with Gasteiger partial charge < -0.3 is 15.4 Å². The number of nitrogens with one attached hydrogen (secondary N) is 2. The Morgan fingerprint density at radius 1 is 0.862 bits per heavy atom. The zero-order valence-electron chi connectivity index (χ0n) is 16.5. The summed E-state index contributed by atoms with van der Waals surface area (Å²) < 4.78 is 5.40. The molecule has 0 unspecified atom stereocenters. The summed E-state index contributed by atoms with van der Waals surface area (Å²) in [6.07, 6.45) is -0.00305. The molecule has 3 aromatic rings. The van der Waals surface area contributed by atoms with Crippen LogP contribution in [-0.2, 0) is 16.0 Å². The summed E-state index contributed by atoms with van der Waals surface area (Å²) in [6.45, 7) is 3.63. The molecule has 29 heavy (non-hydrogen) atoms. The van der Waals surface area contributed by atoms with Gasteiger partial charge in [0.2, 0.25) is 0 Å². The lowest BCUT2D eigenvalue weighted by molar-refractivity contribution is -0.123. The molecule has 2 N–H and O–H groups in total. The number of rotatable bonds is 7. The molecule has 5 heteroatoms. The van der Waals surface area contributed by atoms with Crippen LogP contribution in [0.15, 0.2) is 78.9 Å². The molecule has 5 nitrogen and oxygen atoms in total. The maximum atomic E-state index is 12.7. The number of ether oxygens (including phenoxy) is 1. The lowest BCUT2D eigenvalue weighted by Gasteiger charge is -2.16. The molecule has 0 aliphatic rings. The number of carbonyl (C=O) groups is 2. The lowest BCUT2D eigenvalue weighted by atomic mass is 10.1. The van der Waals surface area contributed by atoms with Crippen molar-refractivity contribution in [3.8, 4) is 0 Å². The first kappa shape index (κ1) is 20.1. The molecule has 0 heterocycles. The molecule has 0 saturated carbocycles. The summed E-state index contributed by atoms with van der Waals surface area (Å²) in [6, 6.07) is 24.2. The van der Waals surface area contributed by atoms with Gasteiger partial charge >= 0.3 is 5.97 Å². The molecule has 0 aliphatic heterocycles. The summed E-state index contributed by atoms with van der Waals surface area (Å²) >= 11 is 0. The third kappa shape index (κ3) is 5.45. The van der Waals surface area contributed by atoms with E-state index in [1.165, 1.54) is 5.56 Å². The molecule has 1 atom stereocenters. The van der Waals surface area contributed by atoms with Crippen LogP contribution in [0.25, 0.3) is 0 Å². The van der Waals surface area contributed by atoms with Crippen molar-refractivity contribution in [3.63, 3.8) is 0 Å². The van der Waals surface area contributed by atoms with Crippen molar-refractivity contribution in [1.29, 1.82) is 0 Å². The fraction of sp³-hybridized carbons (Fsp3) is 0.167. The van der Waals surface area contributed by atoms with Crippen LogP contribution >= 0.6 is 0 Å². The molecule has 3 rings (SSSR count). The third-order valence-corrected chi connectivity index (χ3v) is 4.48. The van der Waals surface area contributed by atoms with Crippen molar-refractivity contribution in [2.75, 3.05) is 10.6 Å². The van der Waals surface area contributed by atoms with Gasteiger partial charge in [0.15, 0.2) is 6.10 Å². The normalized spacial score (nSPS) is 11.4. The molecule has 0 radical (unpaired) electrons. The first-order valence-corrected chi connectivity index (χ1v) is 9.58. The average Bonchev–Trinajstić information content (AvgIpc) is 2.75. The molecule has 0 spiro atoms. The largest absolute Gasteiger partial charge is 0.449 e. The standard InChI is InChI=1S/C24H24N2O3/c1-3-18-13-15-20(16-14-18)26-23(27)17(2)29-24(28)21-11-7-8-12-22(21)25-19-9-5-4-6-10-19/h4-17,25H,3H2,1-2H3,(H,26,27)/t17-/m1/s1. The second-order valence-electron chi connectivity index (χ2n) is 6.62. The minimum atomic E-state index is -0.932. The summed E-state index contributed by atoms with van der Waals surface area (Å²) in [5, 5.41) is 5.98. The number of benzene rings is 3. The van der Waals surface area contributed by atoms with Gasteiger partial charge in [-0.05, 0) is 55.3 Å².